The van der Waals surface area contributed by atoms with Crippen molar-refractivity contribution in [2.75, 3.05) is 31.1 Å². The van der Waals surface area contributed by atoms with E-state index in [9.17, 15) is 0 Å². The van der Waals surface area contributed by atoms with E-state index in [2.05, 4.69) is 43.1 Å². The van der Waals surface area contributed by atoms with E-state index in [1.807, 2.05) is 25.3 Å². The molecular weight excluding hydrogens is 302 g/mol. The van der Waals surface area contributed by atoms with Crippen molar-refractivity contribution in [3.63, 3.8) is 0 Å². The van der Waals surface area contributed by atoms with E-state index >= 15 is 0 Å². The standard InChI is InChI=1S/C17H21N7/c1-13-14(2)21-24-12-19-20-17(24)16(13)23-9-7-22(8-10-23)11-15-5-3-4-6-18-15/h3-6,12H,7-11H2,1-2H3. The summed E-state index contributed by atoms with van der Waals surface area (Å²) in [5.74, 6) is 0. The van der Waals surface area contributed by atoms with Gasteiger partial charge in [0.2, 0.25) is 5.65 Å². The van der Waals surface area contributed by atoms with Crippen LogP contribution in [0, 0.1) is 13.8 Å². The Balaban J connectivity index is 1.52. The molecule has 24 heavy (non-hydrogen) atoms. The second-order valence-electron chi connectivity index (χ2n) is 6.24. The zero-order chi connectivity index (χ0) is 16.5. The van der Waals surface area contributed by atoms with Gasteiger partial charge in [-0.05, 0) is 31.5 Å². The number of hydrogen-bond donors (Lipinski definition) is 0. The molecule has 1 saturated heterocycles. The second-order valence-corrected chi connectivity index (χ2v) is 6.24. The number of hydrogen-bond acceptors (Lipinski definition) is 6. The molecule has 3 aromatic rings. The predicted octanol–water partition coefficient (Wildman–Crippen LogP) is 1.46. The summed E-state index contributed by atoms with van der Waals surface area (Å²) in [6.45, 7) is 9.03. The molecule has 1 fully saturated rings. The first-order valence-electron chi connectivity index (χ1n) is 8.27. The topological polar surface area (TPSA) is 62.5 Å². The van der Waals surface area contributed by atoms with Crippen LogP contribution in [0.1, 0.15) is 17.0 Å². The molecule has 4 rings (SSSR count). The van der Waals surface area contributed by atoms with Crippen molar-refractivity contribution < 1.29 is 0 Å². The molecule has 1 aliphatic rings. The summed E-state index contributed by atoms with van der Waals surface area (Å²) in [7, 11) is 0. The third kappa shape index (κ3) is 2.71. The lowest BCUT2D eigenvalue weighted by Gasteiger charge is -2.36. The first-order valence-corrected chi connectivity index (χ1v) is 8.27. The molecule has 0 spiro atoms. The molecule has 0 N–H and O–H groups in total. The van der Waals surface area contributed by atoms with Crippen molar-refractivity contribution in [3.8, 4) is 0 Å². The van der Waals surface area contributed by atoms with Crippen molar-refractivity contribution in [2.24, 2.45) is 0 Å². The first kappa shape index (κ1) is 15.0. The Hall–Kier alpha value is -2.54. The van der Waals surface area contributed by atoms with Gasteiger partial charge in [0.05, 0.1) is 17.1 Å². The van der Waals surface area contributed by atoms with Crippen LogP contribution in [0.2, 0.25) is 0 Å². The minimum Gasteiger partial charge on any atom is -0.366 e. The van der Waals surface area contributed by atoms with Crippen LogP contribution >= 0.6 is 0 Å². The Morgan fingerprint density at radius 2 is 1.92 bits per heavy atom. The number of anilines is 1. The predicted molar refractivity (Wildman–Crippen MR) is 92.0 cm³/mol. The second kappa shape index (κ2) is 6.16. The first-order chi connectivity index (χ1) is 11.7. The maximum absolute atomic E-state index is 4.51. The fraction of sp³-hybridized carbons (Fsp3) is 0.412. The van der Waals surface area contributed by atoms with E-state index in [1.165, 1.54) is 5.56 Å². The zero-order valence-corrected chi connectivity index (χ0v) is 14.1. The lowest BCUT2D eigenvalue weighted by Crippen LogP contribution is -2.46. The summed E-state index contributed by atoms with van der Waals surface area (Å²) in [5.41, 5.74) is 5.34. The minimum absolute atomic E-state index is 0.844. The van der Waals surface area contributed by atoms with Crippen LogP contribution in [0.15, 0.2) is 30.7 Å². The monoisotopic (exact) mass is 323 g/mol. The molecule has 124 valence electrons. The van der Waals surface area contributed by atoms with Gasteiger partial charge < -0.3 is 4.90 Å². The van der Waals surface area contributed by atoms with Crippen LogP contribution in [0.3, 0.4) is 0 Å². The molecule has 1 aliphatic heterocycles. The smallest absolute Gasteiger partial charge is 0.201 e. The molecule has 0 atom stereocenters. The highest BCUT2D eigenvalue weighted by molar-refractivity contribution is 5.72. The Kier molecular flexibility index (Phi) is 3.86. The number of pyridine rings is 1. The van der Waals surface area contributed by atoms with E-state index in [0.29, 0.717) is 0 Å². The van der Waals surface area contributed by atoms with Crippen LogP contribution in [-0.2, 0) is 6.54 Å². The Labute approximate surface area is 140 Å². The fourth-order valence-corrected chi connectivity index (χ4v) is 3.26. The van der Waals surface area contributed by atoms with Gasteiger partial charge in [-0.25, -0.2) is 0 Å². The van der Waals surface area contributed by atoms with Gasteiger partial charge in [-0.3, -0.25) is 9.88 Å². The lowest BCUT2D eigenvalue weighted by atomic mass is 10.1. The van der Waals surface area contributed by atoms with Crippen molar-refractivity contribution in [3.05, 3.63) is 47.7 Å². The van der Waals surface area contributed by atoms with E-state index in [4.69, 9.17) is 0 Å². The van der Waals surface area contributed by atoms with E-state index in [0.717, 1.165) is 55.4 Å². The average Bonchev–Trinajstić information content (AvgIpc) is 3.06. The van der Waals surface area contributed by atoms with Crippen LogP contribution in [0.5, 0.6) is 0 Å². The molecule has 3 aromatic heterocycles. The number of fused-ring (bicyclic) bond motifs is 1. The van der Waals surface area contributed by atoms with Crippen LogP contribution < -0.4 is 4.90 Å². The summed E-state index contributed by atoms with van der Waals surface area (Å²) >= 11 is 0. The van der Waals surface area contributed by atoms with Crippen molar-refractivity contribution in [1.82, 2.24) is 29.7 Å². The molecule has 4 heterocycles. The maximum Gasteiger partial charge on any atom is 0.201 e. The van der Waals surface area contributed by atoms with Gasteiger partial charge >= 0.3 is 0 Å². The number of aryl methyl sites for hydroxylation is 1. The number of nitrogens with zero attached hydrogens (tertiary/aromatic N) is 7. The van der Waals surface area contributed by atoms with Gasteiger partial charge in [-0.15, -0.1) is 10.2 Å². The van der Waals surface area contributed by atoms with E-state index in [-0.39, 0.29) is 0 Å². The van der Waals surface area contributed by atoms with Gasteiger partial charge in [-0.2, -0.15) is 9.61 Å². The van der Waals surface area contributed by atoms with Crippen molar-refractivity contribution in [1.29, 1.82) is 0 Å². The molecule has 0 radical (unpaired) electrons. The summed E-state index contributed by atoms with van der Waals surface area (Å²) in [6, 6.07) is 6.09. The molecule has 0 bridgehead atoms. The highest BCUT2D eigenvalue weighted by Crippen LogP contribution is 2.27. The number of aromatic nitrogens is 5. The summed E-state index contributed by atoms with van der Waals surface area (Å²) in [5, 5.41) is 12.8. The summed E-state index contributed by atoms with van der Waals surface area (Å²) in [4.78, 5) is 9.28. The maximum atomic E-state index is 4.51. The zero-order valence-electron chi connectivity index (χ0n) is 14.1. The number of piperazine rings is 1. The fourth-order valence-electron chi connectivity index (χ4n) is 3.26. The third-order valence-corrected chi connectivity index (χ3v) is 4.70. The molecule has 7 nitrogen and oxygen atoms in total. The average molecular weight is 323 g/mol. The highest BCUT2D eigenvalue weighted by atomic mass is 15.4. The van der Waals surface area contributed by atoms with Gasteiger partial charge in [0.25, 0.3) is 0 Å². The minimum atomic E-state index is 0.844. The molecule has 0 amide bonds. The van der Waals surface area contributed by atoms with Crippen molar-refractivity contribution >= 4 is 11.3 Å². The quantitative estimate of drug-likeness (QED) is 0.727. The van der Waals surface area contributed by atoms with Crippen LogP contribution in [0.25, 0.3) is 5.65 Å². The van der Waals surface area contributed by atoms with Crippen LogP contribution in [0.4, 0.5) is 5.69 Å². The van der Waals surface area contributed by atoms with Crippen LogP contribution in [-0.4, -0.2) is 55.9 Å². The Bertz CT molecular complexity index is 835. The van der Waals surface area contributed by atoms with Gasteiger partial charge in [-0.1, -0.05) is 6.07 Å². The Morgan fingerprint density at radius 1 is 1.08 bits per heavy atom. The largest absolute Gasteiger partial charge is 0.366 e. The molecule has 0 aliphatic carbocycles. The molecule has 0 aromatic carbocycles. The Morgan fingerprint density at radius 3 is 2.67 bits per heavy atom. The van der Waals surface area contributed by atoms with E-state index in [1.54, 1.807) is 10.8 Å². The van der Waals surface area contributed by atoms with E-state index < -0.39 is 0 Å². The summed E-state index contributed by atoms with van der Waals surface area (Å²) < 4.78 is 1.78. The SMILES string of the molecule is Cc1nn2cnnc2c(N2CCN(Cc3ccccn3)CC2)c1C. The number of rotatable bonds is 3. The third-order valence-electron chi connectivity index (χ3n) is 4.70. The van der Waals surface area contributed by atoms with Gasteiger partial charge in [0.15, 0.2) is 0 Å². The van der Waals surface area contributed by atoms with Gasteiger partial charge in [0.1, 0.15) is 6.33 Å². The molecule has 7 heteroatoms. The summed E-state index contributed by atoms with van der Waals surface area (Å²) in [6.07, 6.45) is 3.53. The molecular formula is C17H21N7. The van der Waals surface area contributed by atoms with Crippen molar-refractivity contribution in [2.45, 2.75) is 20.4 Å². The molecule has 0 saturated carbocycles. The molecule has 0 unspecified atom stereocenters. The highest BCUT2D eigenvalue weighted by Gasteiger charge is 2.23. The lowest BCUT2D eigenvalue weighted by molar-refractivity contribution is 0.247. The van der Waals surface area contributed by atoms with Gasteiger partial charge in [0, 0.05) is 38.9 Å². The normalized spacial score (nSPS) is 16.0.